The molecule has 0 amide bonds. The molecule has 0 aliphatic rings. The van der Waals surface area contributed by atoms with Gasteiger partial charge in [-0.2, -0.15) is 4.39 Å². The van der Waals surface area contributed by atoms with E-state index in [0.29, 0.717) is 0 Å². The monoisotopic (exact) mass is 297 g/mol. The number of carbonyl (C=O) groups is 2. The number of hydrogen-bond donors (Lipinski definition) is 0. The van der Waals surface area contributed by atoms with Crippen molar-refractivity contribution in [2.75, 3.05) is 0 Å². The van der Waals surface area contributed by atoms with Gasteiger partial charge in [-0.1, -0.05) is 26.8 Å². The molecule has 1 atom stereocenters. The van der Waals surface area contributed by atoms with Crippen molar-refractivity contribution < 1.29 is 23.6 Å². The summed E-state index contributed by atoms with van der Waals surface area (Å²) in [5.41, 5.74) is -1.53. The minimum atomic E-state index is -1.22. The number of nitrogens with zero attached hydrogens (tertiary/aromatic N) is 1. The largest absolute Gasteiger partial charge is 0.389 e. The maximum atomic E-state index is 13.8. The number of rotatable bonds is 4. The number of nitro groups is 1. The molecule has 1 aromatic rings. The number of aryl methyl sites for hydroxylation is 1. The van der Waals surface area contributed by atoms with Crippen molar-refractivity contribution >= 4 is 17.6 Å². The topological polar surface area (TPSA) is 86.5 Å². The molecule has 1 rings (SSSR count). The zero-order valence-electron chi connectivity index (χ0n) is 12.2. The standard InChI is InChI=1S/C14H16FNO5/c1-7(2)9(4)13(17)21-14(18)10-6-5-8(3)11(15)12(10)16(19)20/h5-7,9H,1-4H3. The van der Waals surface area contributed by atoms with Crippen LogP contribution < -0.4 is 0 Å². The van der Waals surface area contributed by atoms with Crippen LogP contribution in [0.2, 0.25) is 0 Å². The molecule has 0 saturated heterocycles. The van der Waals surface area contributed by atoms with E-state index in [1.165, 1.54) is 13.0 Å². The van der Waals surface area contributed by atoms with Crippen molar-refractivity contribution in [1.29, 1.82) is 0 Å². The lowest BCUT2D eigenvalue weighted by Gasteiger charge is -2.13. The maximum absolute atomic E-state index is 13.8. The zero-order valence-corrected chi connectivity index (χ0v) is 12.2. The Labute approximate surface area is 121 Å². The predicted molar refractivity (Wildman–Crippen MR) is 72.2 cm³/mol. The first-order valence-corrected chi connectivity index (χ1v) is 6.36. The molecule has 0 heterocycles. The van der Waals surface area contributed by atoms with Crippen LogP contribution in [-0.4, -0.2) is 16.9 Å². The van der Waals surface area contributed by atoms with E-state index in [9.17, 15) is 24.1 Å². The summed E-state index contributed by atoms with van der Waals surface area (Å²) >= 11 is 0. The van der Waals surface area contributed by atoms with Crippen molar-refractivity contribution in [3.05, 3.63) is 39.2 Å². The van der Waals surface area contributed by atoms with Gasteiger partial charge in [-0.3, -0.25) is 14.9 Å². The van der Waals surface area contributed by atoms with E-state index >= 15 is 0 Å². The number of hydrogen-bond acceptors (Lipinski definition) is 5. The molecule has 21 heavy (non-hydrogen) atoms. The molecule has 0 N–H and O–H groups in total. The molecule has 0 aliphatic heterocycles. The van der Waals surface area contributed by atoms with Gasteiger partial charge in [-0.05, 0) is 24.5 Å². The SMILES string of the molecule is Cc1ccc(C(=O)OC(=O)C(C)C(C)C)c([N+](=O)[O-])c1F. The third-order valence-electron chi connectivity index (χ3n) is 3.28. The van der Waals surface area contributed by atoms with Crippen LogP contribution in [0.1, 0.15) is 36.7 Å². The van der Waals surface area contributed by atoms with Crippen LogP contribution in [0.15, 0.2) is 12.1 Å². The zero-order chi connectivity index (χ0) is 16.3. The average molecular weight is 297 g/mol. The van der Waals surface area contributed by atoms with Crippen LogP contribution in [0.3, 0.4) is 0 Å². The second kappa shape index (κ2) is 6.43. The summed E-state index contributed by atoms with van der Waals surface area (Å²) in [6.45, 7) is 6.45. The first-order chi connectivity index (χ1) is 9.66. The fraction of sp³-hybridized carbons (Fsp3) is 0.429. The highest BCUT2D eigenvalue weighted by molar-refractivity contribution is 6.00. The molecular weight excluding hydrogens is 281 g/mol. The van der Waals surface area contributed by atoms with E-state index in [-0.39, 0.29) is 11.5 Å². The molecular formula is C14H16FNO5. The number of nitro benzene ring substituents is 1. The maximum Gasteiger partial charge on any atom is 0.352 e. The Morgan fingerprint density at radius 2 is 1.86 bits per heavy atom. The number of halogens is 1. The highest BCUT2D eigenvalue weighted by Crippen LogP contribution is 2.26. The van der Waals surface area contributed by atoms with Gasteiger partial charge in [0, 0.05) is 0 Å². The Morgan fingerprint density at radius 1 is 1.29 bits per heavy atom. The lowest BCUT2D eigenvalue weighted by molar-refractivity contribution is -0.387. The minimum absolute atomic E-state index is 0.0279. The normalized spacial score (nSPS) is 12.1. The van der Waals surface area contributed by atoms with Gasteiger partial charge in [-0.15, -0.1) is 0 Å². The Bertz CT molecular complexity index is 597. The van der Waals surface area contributed by atoms with Crippen molar-refractivity contribution in [1.82, 2.24) is 0 Å². The Hall–Kier alpha value is -2.31. The van der Waals surface area contributed by atoms with Gasteiger partial charge in [-0.25, -0.2) is 4.79 Å². The van der Waals surface area contributed by atoms with E-state index in [1.807, 2.05) is 0 Å². The highest BCUT2D eigenvalue weighted by Gasteiger charge is 2.30. The van der Waals surface area contributed by atoms with E-state index in [0.717, 1.165) is 6.07 Å². The molecule has 0 bridgehead atoms. The smallest absolute Gasteiger partial charge is 0.352 e. The van der Waals surface area contributed by atoms with E-state index in [4.69, 9.17) is 0 Å². The molecule has 0 aromatic heterocycles. The van der Waals surface area contributed by atoms with Crippen LogP contribution in [-0.2, 0) is 9.53 Å². The first kappa shape index (κ1) is 16.7. The van der Waals surface area contributed by atoms with E-state index in [2.05, 4.69) is 4.74 Å². The number of benzene rings is 1. The predicted octanol–water partition coefficient (Wildman–Crippen LogP) is 3.02. The van der Waals surface area contributed by atoms with Gasteiger partial charge >= 0.3 is 17.6 Å². The summed E-state index contributed by atoms with van der Waals surface area (Å²) in [4.78, 5) is 33.4. The van der Waals surface area contributed by atoms with Gasteiger partial charge in [0.2, 0.25) is 5.82 Å². The molecule has 0 fully saturated rings. The van der Waals surface area contributed by atoms with Crippen LogP contribution >= 0.6 is 0 Å². The summed E-state index contributed by atoms with van der Waals surface area (Å²) in [6, 6.07) is 2.29. The Kier molecular flexibility index (Phi) is 5.12. The molecule has 0 saturated carbocycles. The Morgan fingerprint density at radius 3 is 2.33 bits per heavy atom. The Balaban J connectivity index is 3.12. The van der Waals surface area contributed by atoms with E-state index < -0.39 is 39.8 Å². The molecule has 7 heteroatoms. The van der Waals surface area contributed by atoms with Gasteiger partial charge < -0.3 is 4.74 Å². The first-order valence-electron chi connectivity index (χ1n) is 6.36. The van der Waals surface area contributed by atoms with Gasteiger partial charge in [0.15, 0.2) is 0 Å². The minimum Gasteiger partial charge on any atom is -0.389 e. The molecule has 0 spiro atoms. The molecule has 114 valence electrons. The van der Waals surface area contributed by atoms with Crippen LogP contribution in [0.25, 0.3) is 0 Å². The van der Waals surface area contributed by atoms with Crippen molar-refractivity contribution in [2.45, 2.75) is 27.7 Å². The van der Waals surface area contributed by atoms with Crippen LogP contribution in [0, 0.1) is 34.7 Å². The molecule has 6 nitrogen and oxygen atoms in total. The quantitative estimate of drug-likeness (QED) is 0.369. The van der Waals surface area contributed by atoms with Crippen molar-refractivity contribution in [3.8, 4) is 0 Å². The van der Waals surface area contributed by atoms with Crippen LogP contribution in [0.5, 0.6) is 0 Å². The van der Waals surface area contributed by atoms with Crippen molar-refractivity contribution in [3.63, 3.8) is 0 Å². The molecule has 0 radical (unpaired) electrons. The van der Waals surface area contributed by atoms with E-state index in [1.54, 1.807) is 20.8 Å². The molecule has 0 aliphatic carbocycles. The average Bonchev–Trinajstić information content (AvgIpc) is 2.39. The fourth-order valence-corrected chi connectivity index (χ4v) is 1.52. The highest BCUT2D eigenvalue weighted by atomic mass is 19.1. The summed E-state index contributed by atoms with van der Waals surface area (Å²) in [7, 11) is 0. The second-order valence-electron chi connectivity index (χ2n) is 5.09. The second-order valence-corrected chi connectivity index (χ2v) is 5.09. The summed E-state index contributed by atoms with van der Waals surface area (Å²) < 4.78 is 18.4. The van der Waals surface area contributed by atoms with Crippen LogP contribution in [0.4, 0.5) is 10.1 Å². The lowest BCUT2D eigenvalue weighted by atomic mass is 9.98. The third-order valence-corrected chi connectivity index (χ3v) is 3.28. The summed E-state index contributed by atoms with van der Waals surface area (Å²) in [5, 5.41) is 10.9. The summed E-state index contributed by atoms with van der Waals surface area (Å²) in [5.74, 6) is -3.75. The number of ether oxygens (including phenoxy) is 1. The number of carbonyl (C=O) groups excluding carboxylic acids is 2. The summed E-state index contributed by atoms with van der Waals surface area (Å²) in [6.07, 6.45) is 0. The van der Waals surface area contributed by atoms with Gasteiger partial charge in [0.1, 0.15) is 5.56 Å². The molecule has 1 aromatic carbocycles. The lowest BCUT2D eigenvalue weighted by Crippen LogP contribution is -2.23. The van der Waals surface area contributed by atoms with Crippen molar-refractivity contribution in [2.24, 2.45) is 11.8 Å². The molecule has 1 unspecified atom stereocenters. The fourth-order valence-electron chi connectivity index (χ4n) is 1.52. The van der Waals surface area contributed by atoms with Gasteiger partial charge in [0.25, 0.3) is 0 Å². The third kappa shape index (κ3) is 3.62. The van der Waals surface area contributed by atoms with Gasteiger partial charge in [0.05, 0.1) is 10.8 Å². The number of esters is 2.